The zero-order valence-electron chi connectivity index (χ0n) is 18.5. The number of piperidine rings is 1. The molecule has 1 amide bonds. The Balaban J connectivity index is 1.44. The number of ether oxygens (including phenoxy) is 1. The lowest BCUT2D eigenvalue weighted by molar-refractivity contribution is -0.126. The minimum Gasteiger partial charge on any atom is -0.497 e. The van der Waals surface area contributed by atoms with Crippen LogP contribution in [0.15, 0.2) is 59.6 Å². The number of methoxy groups -OCH3 is 1. The highest BCUT2D eigenvalue weighted by Gasteiger charge is 2.33. The van der Waals surface area contributed by atoms with Gasteiger partial charge in [-0.3, -0.25) is 4.79 Å². The molecule has 4 rings (SSSR count). The first kappa shape index (κ1) is 22.4. The number of carbonyl (C=O) groups excluding carboxylic acids is 1. The molecule has 0 unspecified atom stereocenters. The summed E-state index contributed by atoms with van der Waals surface area (Å²) in [6.07, 6.45) is 3.30. The van der Waals surface area contributed by atoms with E-state index in [-0.39, 0.29) is 23.3 Å². The number of benzene rings is 2. The number of fused-ring (bicyclic) bond motifs is 1. The van der Waals surface area contributed by atoms with Crippen molar-refractivity contribution in [3.8, 4) is 5.75 Å². The second-order valence-corrected chi connectivity index (χ2v) is 10.0. The fraction of sp³-hybridized carbons (Fsp3) is 0.375. The molecule has 1 saturated heterocycles. The van der Waals surface area contributed by atoms with Gasteiger partial charge in [0.2, 0.25) is 15.9 Å². The van der Waals surface area contributed by atoms with E-state index in [2.05, 4.69) is 16.8 Å². The topological polar surface area (TPSA) is 80.6 Å². The number of amides is 1. The fourth-order valence-electron chi connectivity index (χ4n) is 4.25. The second kappa shape index (κ2) is 9.34. The van der Waals surface area contributed by atoms with E-state index in [1.165, 1.54) is 4.31 Å². The lowest BCUT2D eigenvalue weighted by atomic mass is 9.99. The maximum absolute atomic E-state index is 13.3. The predicted molar refractivity (Wildman–Crippen MR) is 124 cm³/mol. The molecule has 2 heterocycles. The predicted octanol–water partition coefficient (Wildman–Crippen LogP) is 3.39. The van der Waals surface area contributed by atoms with Gasteiger partial charge >= 0.3 is 0 Å². The van der Waals surface area contributed by atoms with E-state index in [0.717, 1.165) is 28.8 Å². The van der Waals surface area contributed by atoms with Gasteiger partial charge in [0, 0.05) is 43.3 Å². The van der Waals surface area contributed by atoms with Crippen LogP contribution in [0.4, 0.5) is 0 Å². The van der Waals surface area contributed by atoms with Crippen molar-refractivity contribution < 1.29 is 17.9 Å². The molecule has 1 fully saturated rings. The molecule has 170 valence electrons. The standard InChI is InChI=1S/C24H29N3O4S/c1-3-26-13-11-19-15-22(9-10-23(19)26)32(29,30)27-12-5-7-20(17-27)24(28)25-16-18-6-4-8-21(14-18)31-2/h4,6,8-11,13-15,20H,3,5,7,12,16-17H2,1-2H3,(H,25,28)/t20-/m1/s1. The molecule has 2 aromatic carbocycles. The Labute approximate surface area is 189 Å². The third-order valence-electron chi connectivity index (χ3n) is 6.08. The number of aryl methyl sites for hydroxylation is 1. The molecule has 3 aromatic rings. The van der Waals surface area contributed by atoms with E-state index >= 15 is 0 Å². The molecular weight excluding hydrogens is 426 g/mol. The van der Waals surface area contributed by atoms with Crippen LogP contribution in [0.2, 0.25) is 0 Å². The molecule has 1 aliphatic rings. The number of aromatic nitrogens is 1. The summed E-state index contributed by atoms with van der Waals surface area (Å²) in [7, 11) is -2.06. The van der Waals surface area contributed by atoms with Crippen LogP contribution in [-0.2, 0) is 27.9 Å². The Morgan fingerprint density at radius 1 is 1.19 bits per heavy atom. The van der Waals surface area contributed by atoms with Gasteiger partial charge < -0.3 is 14.6 Å². The largest absolute Gasteiger partial charge is 0.497 e. The van der Waals surface area contributed by atoms with Crippen molar-refractivity contribution in [3.05, 3.63) is 60.3 Å². The maximum Gasteiger partial charge on any atom is 0.243 e. The van der Waals surface area contributed by atoms with Crippen molar-refractivity contribution in [2.75, 3.05) is 20.2 Å². The molecule has 1 aromatic heterocycles. The summed E-state index contributed by atoms with van der Waals surface area (Å²) < 4.78 is 35.3. The Morgan fingerprint density at radius 2 is 2.03 bits per heavy atom. The molecule has 1 aliphatic heterocycles. The minimum atomic E-state index is -3.67. The van der Waals surface area contributed by atoms with Gasteiger partial charge in [-0.25, -0.2) is 8.42 Å². The first-order valence-corrected chi connectivity index (χ1v) is 12.4. The normalized spacial score (nSPS) is 17.4. The van der Waals surface area contributed by atoms with Crippen molar-refractivity contribution in [1.82, 2.24) is 14.2 Å². The number of nitrogens with one attached hydrogen (secondary N) is 1. The maximum atomic E-state index is 13.3. The van der Waals surface area contributed by atoms with Crippen molar-refractivity contribution in [1.29, 1.82) is 0 Å². The van der Waals surface area contributed by atoms with Gasteiger partial charge in [0.15, 0.2) is 0 Å². The molecular formula is C24H29N3O4S. The van der Waals surface area contributed by atoms with Crippen LogP contribution in [0.25, 0.3) is 10.9 Å². The molecule has 1 atom stereocenters. The zero-order chi connectivity index (χ0) is 22.7. The Hall–Kier alpha value is -2.84. The smallest absolute Gasteiger partial charge is 0.243 e. The first-order chi connectivity index (χ1) is 15.4. The summed E-state index contributed by atoms with van der Waals surface area (Å²) in [5, 5.41) is 3.85. The van der Waals surface area contributed by atoms with Gasteiger partial charge in [0.05, 0.1) is 17.9 Å². The van der Waals surface area contributed by atoms with Crippen molar-refractivity contribution in [2.45, 2.75) is 37.8 Å². The summed E-state index contributed by atoms with van der Waals surface area (Å²) in [5.41, 5.74) is 1.95. The molecule has 0 bridgehead atoms. The van der Waals surface area contributed by atoms with Gasteiger partial charge in [0.25, 0.3) is 0 Å². The van der Waals surface area contributed by atoms with Gasteiger partial charge in [-0.15, -0.1) is 0 Å². The quantitative estimate of drug-likeness (QED) is 0.592. The van der Waals surface area contributed by atoms with Crippen LogP contribution in [0.3, 0.4) is 0 Å². The number of hydrogen-bond donors (Lipinski definition) is 1. The van der Waals surface area contributed by atoms with Crippen molar-refractivity contribution >= 4 is 26.8 Å². The van der Waals surface area contributed by atoms with Crippen LogP contribution in [0, 0.1) is 5.92 Å². The summed E-state index contributed by atoms with van der Waals surface area (Å²) >= 11 is 0. The number of rotatable bonds is 7. The van der Waals surface area contributed by atoms with Crippen LogP contribution in [0.1, 0.15) is 25.3 Å². The first-order valence-electron chi connectivity index (χ1n) is 10.9. The highest BCUT2D eigenvalue weighted by atomic mass is 32.2. The lowest BCUT2D eigenvalue weighted by Gasteiger charge is -2.31. The summed E-state index contributed by atoms with van der Waals surface area (Å²) in [5.74, 6) is 0.246. The Morgan fingerprint density at radius 3 is 2.81 bits per heavy atom. The van der Waals surface area contributed by atoms with Gasteiger partial charge in [0.1, 0.15) is 5.75 Å². The van der Waals surface area contributed by atoms with Crippen LogP contribution in [0.5, 0.6) is 5.75 Å². The number of hydrogen-bond acceptors (Lipinski definition) is 4. The zero-order valence-corrected chi connectivity index (χ0v) is 19.3. The Bertz CT molecular complexity index is 1220. The van der Waals surface area contributed by atoms with Crippen LogP contribution >= 0.6 is 0 Å². The molecule has 0 saturated carbocycles. The number of sulfonamides is 1. The van der Waals surface area contributed by atoms with E-state index in [1.807, 2.05) is 42.6 Å². The monoisotopic (exact) mass is 455 g/mol. The molecule has 1 N–H and O–H groups in total. The van der Waals surface area contributed by atoms with Gasteiger partial charge in [-0.2, -0.15) is 4.31 Å². The van der Waals surface area contributed by atoms with Crippen molar-refractivity contribution in [3.63, 3.8) is 0 Å². The average Bonchev–Trinajstić information content (AvgIpc) is 3.25. The van der Waals surface area contributed by atoms with Crippen molar-refractivity contribution in [2.24, 2.45) is 5.92 Å². The summed E-state index contributed by atoms with van der Waals surface area (Å²) in [6.45, 7) is 3.88. The lowest BCUT2D eigenvalue weighted by Crippen LogP contribution is -2.45. The van der Waals surface area contributed by atoms with E-state index in [4.69, 9.17) is 4.74 Å². The second-order valence-electron chi connectivity index (χ2n) is 8.09. The molecule has 8 heteroatoms. The third kappa shape index (κ3) is 4.52. The third-order valence-corrected chi connectivity index (χ3v) is 7.94. The molecule has 32 heavy (non-hydrogen) atoms. The molecule has 0 spiro atoms. The molecule has 7 nitrogen and oxygen atoms in total. The average molecular weight is 456 g/mol. The van der Waals surface area contributed by atoms with E-state index < -0.39 is 10.0 Å². The summed E-state index contributed by atoms with van der Waals surface area (Å²) in [6, 6.07) is 14.7. The van der Waals surface area contributed by atoms with Gasteiger partial charge in [-0.05, 0) is 61.7 Å². The van der Waals surface area contributed by atoms with E-state index in [0.29, 0.717) is 25.9 Å². The highest BCUT2D eigenvalue weighted by Crippen LogP contribution is 2.27. The number of carbonyl (C=O) groups is 1. The molecule has 0 radical (unpaired) electrons. The number of nitrogens with zero attached hydrogens (tertiary/aromatic N) is 2. The van der Waals surface area contributed by atoms with Crippen LogP contribution < -0.4 is 10.1 Å². The minimum absolute atomic E-state index is 0.122. The SMILES string of the molecule is CCn1ccc2cc(S(=O)(=O)N3CCC[C@@H](C(=O)NCc4cccc(OC)c4)C3)ccc21. The summed E-state index contributed by atoms with van der Waals surface area (Å²) in [4.78, 5) is 13.1. The highest BCUT2D eigenvalue weighted by molar-refractivity contribution is 7.89. The van der Waals surface area contributed by atoms with E-state index in [1.54, 1.807) is 19.2 Å². The van der Waals surface area contributed by atoms with Crippen LogP contribution in [-0.4, -0.2) is 43.4 Å². The molecule has 0 aliphatic carbocycles. The Kier molecular flexibility index (Phi) is 6.53. The fourth-order valence-corrected chi connectivity index (χ4v) is 5.81. The van der Waals surface area contributed by atoms with Gasteiger partial charge in [-0.1, -0.05) is 12.1 Å². The van der Waals surface area contributed by atoms with E-state index in [9.17, 15) is 13.2 Å².